The van der Waals surface area contributed by atoms with Gasteiger partial charge in [-0.15, -0.1) is 0 Å². The summed E-state index contributed by atoms with van der Waals surface area (Å²) in [5, 5.41) is 6.70. The van der Waals surface area contributed by atoms with Crippen LogP contribution in [0.15, 0.2) is 66.7 Å². The molecule has 0 fully saturated rings. The number of hydrogen-bond donors (Lipinski definition) is 2. The lowest BCUT2D eigenvalue weighted by Crippen LogP contribution is -2.24. The summed E-state index contributed by atoms with van der Waals surface area (Å²) < 4.78 is 2.17. The van der Waals surface area contributed by atoms with Crippen molar-refractivity contribution in [2.45, 2.75) is 32.0 Å². The molecule has 3 aromatic carbocycles. The first-order valence-corrected chi connectivity index (χ1v) is 11.0. The van der Waals surface area contributed by atoms with Gasteiger partial charge in [0.25, 0.3) is 5.91 Å². The molecule has 31 heavy (non-hydrogen) atoms. The second-order valence-corrected chi connectivity index (χ2v) is 8.38. The van der Waals surface area contributed by atoms with E-state index in [0.29, 0.717) is 18.2 Å². The molecule has 1 aromatic heterocycles. The van der Waals surface area contributed by atoms with Crippen LogP contribution in [0.1, 0.15) is 39.5 Å². The van der Waals surface area contributed by atoms with E-state index in [1.807, 2.05) is 18.2 Å². The first-order valence-electron chi connectivity index (χ1n) is 11.0. The van der Waals surface area contributed by atoms with Crippen LogP contribution in [0.3, 0.4) is 0 Å². The Hall–Kier alpha value is -3.44. The Morgan fingerprint density at radius 2 is 1.90 bits per heavy atom. The summed E-state index contributed by atoms with van der Waals surface area (Å²) in [5.41, 5.74) is 7.75. The molecule has 154 valence electrons. The van der Waals surface area contributed by atoms with Crippen molar-refractivity contribution >= 4 is 16.9 Å². The van der Waals surface area contributed by atoms with E-state index >= 15 is 0 Å². The summed E-state index contributed by atoms with van der Waals surface area (Å²) in [6.07, 6.45) is 2.32. The molecule has 0 radical (unpaired) electrons. The fourth-order valence-corrected chi connectivity index (χ4v) is 4.97. The largest absolute Gasteiger partial charge is 0.350 e. The van der Waals surface area contributed by atoms with E-state index in [9.17, 15) is 4.79 Å². The van der Waals surface area contributed by atoms with Gasteiger partial charge in [0.15, 0.2) is 0 Å². The number of fused-ring (bicyclic) bond motifs is 1. The fourth-order valence-electron chi connectivity index (χ4n) is 4.97. The highest BCUT2D eigenvalue weighted by molar-refractivity contribution is 6.06. The fraction of sp³-hybridized carbons (Fsp3) is 0.231. The molecule has 1 unspecified atom stereocenters. The number of imidazole rings is 1. The molecule has 2 heterocycles. The third kappa shape index (κ3) is 3.13. The van der Waals surface area contributed by atoms with Crippen LogP contribution in [0.5, 0.6) is 0 Å². The molecule has 0 spiro atoms. The van der Waals surface area contributed by atoms with Gasteiger partial charge in [-0.05, 0) is 41.7 Å². The number of aromatic nitrogens is 2. The molecule has 1 aliphatic carbocycles. The quantitative estimate of drug-likeness (QED) is 0.531. The molecule has 2 aliphatic rings. The zero-order valence-electron chi connectivity index (χ0n) is 17.3. The molecule has 1 amide bonds. The van der Waals surface area contributed by atoms with E-state index in [0.717, 1.165) is 48.4 Å². The molecule has 6 rings (SSSR count). The van der Waals surface area contributed by atoms with Crippen LogP contribution in [0, 0.1) is 0 Å². The topological polar surface area (TPSA) is 59.0 Å². The maximum absolute atomic E-state index is 12.4. The van der Waals surface area contributed by atoms with Gasteiger partial charge in [0.05, 0.1) is 16.6 Å². The Morgan fingerprint density at radius 3 is 2.81 bits per heavy atom. The Balaban J connectivity index is 1.26. The van der Waals surface area contributed by atoms with Gasteiger partial charge in [-0.2, -0.15) is 0 Å². The number of nitrogens with zero attached hydrogens (tertiary/aromatic N) is 2. The molecular formula is C26H24N4O. The minimum Gasteiger partial charge on any atom is -0.350 e. The van der Waals surface area contributed by atoms with Gasteiger partial charge in [0.1, 0.15) is 5.82 Å². The van der Waals surface area contributed by atoms with Gasteiger partial charge < -0.3 is 15.2 Å². The summed E-state index contributed by atoms with van der Waals surface area (Å²) in [6, 6.07) is 23.6. The number of amides is 1. The van der Waals surface area contributed by atoms with E-state index in [1.54, 1.807) is 0 Å². The third-order valence-corrected chi connectivity index (χ3v) is 6.53. The zero-order chi connectivity index (χ0) is 20.8. The molecule has 0 saturated carbocycles. The van der Waals surface area contributed by atoms with Gasteiger partial charge in [-0.3, -0.25) is 4.79 Å². The summed E-state index contributed by atoms with van der Waals surface area (Å²) in [4.78, 5) is 17.2. The summed E-state index contributed by atoms with van der Waals surface area (Å²) in [7, 11) is 0. The minimum atomic E-state index is -0.0225. The average Bonchev–Trinajstić information content (AvgIpc) is 3.34. The average molecular weight is 409 g/mol. The molecule has 2 N–H and O–H groups in total. The first-order chi connectivity index (χ1) is 15.3. The first kappa shape index (κ1) is 18.3. The van der Waals surface area contributed by atoms with Crippen LogP contribution in [-0.4, -0.2) is 22.0 Å². The summed E-state index contributed by atoms with van der Waals surface area (Å²) >= 11 is 0. The van der Waals surface area contributed by atoms with Crippen LogP contribution in [0.2, 0.25) is 0 Å². The SMILES string of the molecule is O=C1NCCn2c(-c3ccc(CNC4CCc5ccccc54)cc3)nc3cccc1c32. The van der Waals surface area contributed by atoms with E-state index in [-0.39, 0.29) is 5.91 Å². The predicted octanol–water partition coefficient (Wildman–Crippen LogP) is 4.22. The van der Waals surface area contributed by atoms with Crippen molar-refractivity contribution in [2.24, 2.45) is 0 Å². The Morgan fingerprint density at radius 1 is 1.03 bits per heavy atom. The highest BCUT2D eigenvalue weighted by atomic mass is 16.1. The Kier molecular flexibility index (Phi) is 4.35. The van der Waals surface area contributed by atoms with Crippen molar-refractivity contribution in [1.29, 1.82) is 0 Å². The van der Waals surface area contributed by atoms with Crippen LogP contribution in [0.4, 0.5) is 0 Å². The second kappa shape index (κ2) is 7.36. The monoisotopic (exact) mass is 408 g/mol. The predicted molar refractivity (Wildman–Crippen MR) is 122 cm³/mol. The van der Waals surface area contributed by atoms with Crippen molar-refractivity contribution < 1.29 is 4.79 Å². The lowest BCUT2D eigenvalue weighted by Gasteiger charge is -2.14. The number of nitrogens with one attached hydrogen (secondary N) is 2. The van der Waals surface area contributed by atoms with Gasteiger partial charge in [0.2, 0.25) is 0 Å². The summed E-state index contributed by atoms with van der Waals surface area (Å²) in [6.45, 7) is 2.17. The molecule has 1 atom stereocenters. The molecule has 0 bridgehead atoms. The zero-order valence-corrected chi connectivity index (χ0v) is 17.3. The van der Waals surface area contributed by atoms with E-state index in [1.165, 1.54) is 16.7 Å². The van der Waals surface area contributed by atoms with Crippen LogP contribution in [0.25, 0.3) is 22.4 Å². The van der Waals surface area contributed by atoms with Crippen molar-refractivity contribution in [3.05, 3.63) is 89.0 Å². The van der Waals surface area contributed by atoms with Crippen molar-refractivity contribution in [1.82, 2.24) is 20.2 Å². The third-order valence-electron chi connectivity index (χ3n) is 6.53. The standard InChI is InChI=1S/C26H24N4O/c31-26-21-6-3-7-23-24(21)30(15-14-27-26)25(29-23)19-10-8-17(9-11-19)16-28-22-13-12-18-4-1-2-5-20(18)22/h1-11,22,28H,12-16H2,(H,27,31). The van der Waals surface area contributed by atoms with Crippen LogP contribution in [-0.2, 0) is 19.5 Å². The molecule has 0 saturated heterocycles. The highest BCUT2D eigenvalue weighted by Crippen LogP contribution is 2.31. The maximum Gasteiger partial charge on any atom is 0.253 e. The van der Waals surface area contributed by atoms with Gasteiger partial charge in [-0.25, -0.2) is 4.98 Å². The van der Waals surface area contributed by atoms with Crippen molar-refractivity contribution in [3.63, 3.8) is 0 Å². The number of hydrogen-bond acceptors (Lipinski definition) is 3. The smallest absolute Gasteiger partial charge is 0.253 e. The summed E-state index contributed by atoms with van der Waals surface area (Å²) in [5.74, 6) is 0.897. The lowest BCUT2D eigenvalue weighted by atomic mass is 10.1. The second-order valence-electron chi connectivity index (χ2n) is 8.38. The van der Waals surface area contributed by atoms with Gasteiger partial charge >= 0.3 is 0 Å². The molecule has 1 aliphatic heterocycles. The van der Waals surface area contributed by atoms with Crippen molar-refractivity contribution in [3.8, 4) is 11.4 Å². The molecule has 5 nitrogen and oxygen atoms in total. The number of aryl methyl sites for hydroxylation is 1. The number of rotatable bonds is 4. The molecule has 5 heteroatoms. The van der Waals surface area contributed by atoms with E-state index in [4.69, 9.17) is 4.98 Å². The minimum absolute atomic E-state index is 0.0225. The molecule has 4 aromatic rings. The normalized spacial score (nSPS) is 17.4. The number of benzene rings is 3. The van der Waals surface area contributed by atoms with Gasteiger partial charge in [0, 0.05) is 31.2 Å². The Labute approximate surface area is 181 Å². The molecular weight excluding hydrogens is 384 g/mol. The van der Waals surface area contributed by atoms with Gasteiger partial charge in [-0.1, -0.05) is 54.6 Å². The lowest BCUT2D eigenvalue weighted by molar-refractivity contribution is 0.0956. The highest BCUT2D eigenvalue weighted by Gasteiger charge is 2.22. The van der Waals surface area contributed by atoms with E-state index < -0.39 is 0 Å². The van der Waals surface area contributed by atoms with Crippen LogP contribution < -0.4 is 10.6 Å². The number of carbonyl (C=O) groups excluding carboxylic acids is 1. The number of carbonyl (C=O) groups is 1. The Bertz CT molecular complexity index is 1290. The number of para-hydroxylation sites is 1. The van der Waals surface area contributed by atoms with E-state index in [2.05, 4.69) is 63.7 Å². The van der Waals surface area contributed by atoms with Crippen LogP contribution >= 0.6 is 0 Å². The van der Waals surface area contributed by atoms with Crippen molar-refractivity contribution in [2.75, 3.05) is 6.54 Å². The maximum atomic E-state index is 12.4.